The van der Waals surface area contributed by atoms with Crippen molar-refractivity contribution in [1.82, 2.24) is 24.4 Å². The number of hydrogen-bond donors (Lipinski definition) is 1. The quantitative estimate of drug-likeness (QED) is 0.445. The number of nitrogens with one attached hydrogen (secondary N) is 1. The molecule has 0 bridgehead atoms. The SMILES string of the molecule is COc1cccc(-c2nn3c(=O)cc(CN4CCN(C(=O)Nc5cc(C)ccc5C)CC4)nc3s2)c1. The Morgan fingerprint density at radius 1 is 1.08 bits per heavy atom. The van der Waals surface area contributed by atoms with Gasteiger partial charge in [-0.3, -0.25) is 9.69 Å². The van der Waals surface area contributed by atoms with E-state index in [1.165, 1.54) is 15.9 Å². The maximum absolute atomic E-state index is 12.8. The number of aromatic nitrogens is 3. The highest BCUT2D eigenvalue weighted by molar-refractivity contribution is 7.19. The number of hydrogen-bond acceptors (Lipinski definition) is 7. The summed E-state index contributed by atoms with van der Waals surface area (Å²) in [5, 5.41) is 8.20. The molecule has 1 aliphatic heterocycles. The van der Waals surface area contributed by atoms with E-state index in [9.17, 15) is 9.59 Å². The lowest BCUT2D eigenvalue weighted by Crippen LogP contribution is -2.49. The zero-order valence-corrected chi connectivity index (χ0v) is 21.3. The number of methoxy groups -OCH3 is 1. The van der Waals surface area contributed by atoms with Crippen LogP contribution in [-0.2, 0) is 6.54 Å². The number of carbonyl (C=O) groups is 1. The van der Waals surface area contributed by atoms with Gasteiger partial charge in [0, 0.05) is 50.0 Å². The molecule has 186 valence electrons. The van der Waals surface area contributed by atoms with Crippen molar-refractivity contribution in [1.29, 1.82) is 0 Å². The lowest BCUT2D eigenvalue weighted by molar-refractivity contribution is 0.142. The number of piperazine rings is 1. The Morgan fingerprint density at radius 3 is 2.67 bits per heavy atom. The van der Waals surface area contributed by atoms with Gasteiger partial charge in [0.25, 0.3) is 5.56 Å². The first-order chi connectivity index (χ1) is 17.4. The molecule has 2 amide bonds. The van der Waals surface area contributed by atoms with Gasteiger partial charge in [-0.2, -0.15) is 9.61 Å². The molecule has 2 aromatic heterocycles. The zero-order chi connectivity index (χ0) is 25.2. The molecule has 0 atom stereocenters. The average Bonchev–Trinajstić information content (AvgIpc) is 3.32. The molecular weight excluding hydrogens is 476 g/mol. The van der Waals surface area contributed by atoms with Crippen LogP contribution in [0.15, 0.2) is 53.3 Å². The van der Waals surface area contributed by atoms with E-state index in [0.717, 1.165) is 28.1 Å². The van der Waals surface area contributed by atoms with Gasteiger partial charge < -0.3 is 15.0 Å². The summed E-state index contributed by atoms with van der Waals surface area (Å²) in [4.78, 5) is 34.8. The van der Waals surface area contributed by atoms with Crippen LogP contribution in [0.3, 0.4) is 0 Å². The van der Waals surface area contributed by atoms with Crippen molar-refractivity contribution < 1.29 is 9.53 Å². The van der Waals surface area contributed by atoms with Crippen molar-refractivity contribution >= 4 is 28.0 Å². The number of carbonyl (C=O) groups excluding carboxylic acids is 1. The minimum atomic E-state index is -0.202. The fourth-order valence-corrected chi connectivity index (χ4v) is 5.13. The smallest absolute Gasteiger partial charge is 0.321 e. The van der Waals surface area contributed by atoms with Gasteiger partial charge in [0.05, 0.1) is 12.8 Å². The van der Waals surface area contributed by atoms with E-state index in [1.54, 1.807) is 13.2 Å². The van der Waals surface area contributed by atoms with Crippen molar-refractivity contribution in [2.75, 3.05) is 38.6 Å². The number of anilines is 1. The third-order valence-electron chi connectivity index (χ3n) is 6.29. The average molecular weight is 505 g/mol. The summed E-state index contributed by atoms with van der Waals surface area (Å²) in [5.41, 5.74) is 4.37. The minimum Gasteiger partial charge on any atom is -0.497 e. The van der Waals surface area contributed by atoms with E-state index in [-0.39, 0.29) is 11.6 Å². The van der Waals surface area contributed by atoms with Crippen LogP contribution in [0.25, 0.3) is 15.5 Å². The molecule has 0 radical (unpaired) electrons. The van der Waals surface area contributed by atoms with E-state index in [1.807, 2.05) is 61.2 Å². The molecule has 4 aromatic rings. The maximum Gasteiger partial charge on any atom is 0.321 e. The maximum atomic E-state index is 12.8. The van der Waals surface area contributed by atoms with Crippen molar-refractivity contribution in [3.63, 3.8) is 0 Å². The van der Waals surface area contributed by atoms with Crippen LogP contribution in [0, 0.1) is 13.8 Å². The molecular formula is C26H28N6O3S. The first kappa shape index (κ1) is 24.0. The number of fused-ring (bicyclic) bond motifs is 1. The second-order valence-electron chi connectivity index (χ2n) is 8.93. The molecule has 3 heterocycles. The predicted octanol–water partition coefficient (Wildman–Crippen LogP) is 3.79. The minimum absolute atomic E-state index is 0.0872. The number of aryl methyl sites for hydroxylation is 2. The molecule has 0 unspecified atom stereocenters. The summed E-state index contributed by atoms with van der Waals surface area (Å²) in [7, 11) is 1.62. The van der Waals surface area contributed by atoms with E-state index in [4.69, 9.17) is 9.72 Å². The zero-order valence-electron chi connectivity index (χ0n) is 20.5. The fourth-order valence-electron chi connectivity index (χ4n) is 4.21. The normalized spacial score (nSPS) is 14.2. The molecule has 1 N–H and O–H groups in total. The van der Waals surface area contributed by atoms with Crippen LogP contribution in [0.2, 0.25) is 0 Å². The highest BCUT2D eigenvalue weighted by Gasteiger charge is 2.22. The van der Waals surface area contributed by atoms with Gasteiger partial charge in [0.1, 0.15) is 10.8 Å². The third kappa shape index (κ3) is 5.09. The molecule has 1 aliphatic rings. The first-order valence-electron chi connectivity index (χ1n) is 11.8. The van der Waals surface area contributed by atoms with E-state index < -0.39 is 0 Å². The molecule has 0 spiro atoms. The third-order valence-corrected chi connectivity index (χ3v) is 7.25. The monoisotopic (exact) mass is 504 g/mol. The molecule has 36 heavy (non-hydrogen) atoms. The second kappa shape index (κ2) is 10.1. The summed E-state index contributed by atoms with van der Waals surface area (Å²) in [6, 6.07) is 15.1. The van der Waals surface area contributed by atoms with Gasteiger partial charge in [-0.05, 0) is 43.2 Å². The van der Waals surface area contributed by atoms with Gasteiger partial charge in [0.2, 0.25) is 4.96 Å². The topological polar surface area (TPSA) is 92.1 Å². The van der Waals surface area contributed by atoms with Crippen LogP contribution >= 0.6 is 11.3 Å². The number of nitrogens with zero attached hydrogens (tertiary/aromatic N) is 5. The molecule has 0 saturated carbocycles. The second-order valence-corrected chi connectivity index (χ2v) is 9.89. The van der Waals surface area contributed by atoms with Crippen molar-refractivity contribution in [3.05, 3.63) is 75.7 Å². The molecule has 0 aliphatic carbocycles. The van der Waals surface area contributed by atoms with Gasteiger partial charge in [0.15, 0.2) is 0 Å². The highest BCUT2D eigenvalue weighted by atomic mass is 32.1. The summed E-state index contributed by atoms with van der Waals surface area (Å²) in [6.45, 7) is 7.18. The molecule has 9 nitrogen and oxygen atoms in total. The lowest BCUT2D eigenvalue weighted by Gasteiger charge is -2.34. The number of benzene rings is 2. The number of amides is 2. The summed E-state index contributed by atoms with van der Waals surface area (Å²) >= 11 is 1.37. The Labute approximate surface area is 213 Å². The number of rotatable bonds is 5. The number of urea groups is 1. The molecule has 2 aromatic carbocycles. The Balaban J connectivity index is 1.24. The Kier molecular flexibility index (Phi) is 6.71. The molecule has 1 saturated heterocycles. The first-order valence-corrected chi connectivity index (χ1v) is 12.6. The van der Waals surface area contributed by atoms with Gasteiger partial charge in [-0.25, -0.2) is 9.78 Å². The van der Waals surface area contributed by atoms with Crippen LogP contribution in [0.4, 0.5) is 10.5 Å². The van der Waals surface area contributed by atoms with E-state index in [2.05, 4.69) is 15.3 Å². The summed E-state index contributed by atoms with van der Waals surface area (Å²) < 4.78 is 6.64. The predicted molar refractivity (Wildman–Crippen MR) is 141 cm³/mol. The van der Waals surface area contributed by atoms with E-state index >= 15 is 0 Å². The van der Waals surface area contributed by atoms with Crippen molar-refractivity contribution in [3.8, 4) is 16.3 Å². The van der Waals surface area contributed by atoms with Crippen molar-refractivity contribution in [2.45, 2.75) is 20.4 Å². The summed E-state index contributed by atoms with van der Waals surface area (Å²) in [6.07, 6.45) is 0. The van der Waals surface area contributed by atoms with Crippen LogP contribution in [0.1, 0.15) is 16.8 Å². The standard InChI is InChI=1S/C26H28N6O3S/c1-17-7-8-18(2)22(13-17)28-25(34)31-11-9-30(10-12-31)16-20-15-23(33)32-26(27-20)36-24(29-32)19-5-4-6-21(14-19)35-3/h4-8,13-15H,9-12,16H2,1-3H3,(H,28,34). The van der Waals surface area contributed by atoms with Gasteiger partial charge >= 0.3 is 6.03 Å². The summed E-state index contributed by atoms with van der Waals surface area (Å²) in [5.74, 6) is 0.731. The molecule has 10 heteroatoms. The van der Waals surface area contributed by atoms with Crippen LogP contribution < -0.4 is 15.6 Å². The fraction of sp³-hybridized carbons (Fsp3) is 0.308. The Bertz CT molecular complexity index is 1470. The molecule has 1 fully saturated rings. The number of ether oxygens (including phenoxy) is 1. The van der Waals surface area contributed by atoms with Crippen LogP contribution in [-0.4, -0.2) is 63.7 Å². The highest BCUT2D eigenvalue weighted by Crippen LogP contribution is 2.27. The van der Waals surface area contributed by atoms with E-state index in [0.29, 0.717) is 48.4 Å². The van der Waals surface area contributed by atoms with Gasteiger partial charge in [-0.1, -0.05) is 35.6 Å². The van der Waals surface area contributed by atoms with Gasteiger partial charge in [-0.15, -0.1) is 0 Å². The van der Waals surface area contributed by atoms with Crippen LogP contribution in [0.5, 0.6) is 5.75 Å². The molecule has 5 rings (SSSR count). The Morgan fingerprint density at radius 2 is 1.89 bits per heavy atom. The lowest BCUT2D eigenvalue weighted by atomic mass is 10.1. The largest absolute Gasteiger partial charge is 0.497 e. The Hall–Kier alpha value is -3.76. The van der Waals surface area contributed by atoms with Crippen molar-refractivity contribution in [2.24, 2.45) is 0 Å².